The van der Waals surface area contributed by atoms with Crippen molar-refractivity contribution in [1.29, 1.82) is 5.41 Å². The normalized spacial score (nSPS) is 17.1. The smallest absolute Gasteiger partial charge is 0.0585 e. The van der Waals surface area contributed by atoms with Gasteiger partial charge >= 0.3 is 0 Å². The number of nitrogens with one attached hydrogen (secondary N) is 3. The molecule has 2 aromatic rings. The molecule has 2 aromatic carbocycles. The Hall–Kier alpha value is -2.49. The van der Waals surface area contributed by atoms with Gasteiger partial charge in [0.2, 0.25) is 0 Å². The number of likely N-dealkylation sites (N-methyl/N-ethyl adjacent to an activating group) is 1. The van der Waals surface area contributed by atoms with Crippen LogP contribution in [0.1, 0.15) is 36.8 Å². The van der Waals surface area contributed by atoms with Crippen molar-refractivity contribution in [2.24, 2.45) is 5.73 Å². The van der Waals surface area contributed by atoms with Gasteiger partial charge in [-0.2, -0.15) is 0 Å². The summed E-state index contributed by atoms with van der Waals surface area (Å²) in [6.45, 7) is 4.72. The lowest BCUT2D eigenvalue weighted by atomic mass is 10.0. The van der Waals surface area contributed by atoms with Gasteiger partial charge in [-0.1, -0.05) is 68.0 Å². The quantitative estimate of drug-likeness (QED) is 0.338. The third kappa shape index (κ3) is 8.18. The summed E-state index contributed by atoms with van der Waals surface area (Å²) in [5.74, 6) is 0. The van der Waals surface area contributed by atoms with Crippen LogP contribution in [0.4, 0.5) is 0 Å². The molecule has 0 amide bonds. The minimum atomic E-state index is -0.00211. The van der Waals surface area contributed by atoms with E-state index in [-0.39, 0.29) is 6.17 Å². The molecule has 0 aliphatic carbocycles. The summed E-state index contributed by atoms with van der Waals surface area (Å²) in [6.07, 6.45) is 9.49. The molecule has 4 nitrogen and oxygen atoms in total. The van der Waals surface area contributed by atoms with Gasteiger partial charge < -0.3 is 21.8 Å². The van der Waals surface area contributed by atoms with Crippen LogP contribution in [-0.2, 0) is 6.42 Å². The van der Waals surface area contributed by atoms with Gasteiger partial charge in [0.1, 0.15) is 0 Å². The second-order valence-electron chi connectivity index (χ2n) is 7.34. The van der Waals surface area contributed by atoms with E-state index in [1.807, 2.05) is 37.4 Å². The molecule has 5 N–H and O–H groups in total. The second kappa shape index (κ2) is 12.9. The van der Waals surface area contributed by atoms with Crippen LogP contribution in [0.5, 0.6) is 0 Å². The minimum Gasteiger partial charge on any atom is -0.316 e. The molecule has 29 heavy (non-hydrogen) atoms. The first-order valence-corrected chi connectivity index (χ1v) is 10.4. The first-order chi connectivity index (χ1) is 14.2. The highest BCUT2D eigenvalue weighted by molar-refractivity contribution is 5.78. The number of rotatable bonds is 6. The van der Waals surface area contributed by atoms with Crippen molar-refractivity contribution in [3.05, 3.63) is 78.0 Å². The predicted molar refractivity (Wildman–Crippen MR) is 124 cm³/mol. The summed E-state index contributed by atoms with van der Waals surface area (Å²) in [5.41, 5.74) is 13.2. The zero-order valence-electron chi connectivity index (χ0n) is 17.5. The molecule has 0 radical (unpaired) electrons. The zero-order valence-corrected chi connectivity index (χ0v) is 17.5. The van der Waals surface area contributed by atoms with Crippen LogP contribution in [0.15, 0.2) is 66.9 Å². The highest BCUT2D eigenvalue weighted by atomic mass is 15.0. The first kappa shape index (κ1) is 22.8. The average molecular weight is 391 g/mol. The number of benzene rings is 2. The van der Waals surface area contributed by atoms with Crippen molar-refractivity contribution in [1.82, 2.24) is 10.6 Å². The Kier molecular flexibility index (Phi) is 10.1. The van der Waals surface area contributed by atoms with Gasteiger partial charge in [-0.05, 0) is 54.8 Å². The molecule has 1 aliphatic rings. The average Bonchev–Trinajstić information content (AvgIpc) is 3.04. The summed E-state index contributed by atoms with van der Waals surface area (Å²) in [7, 11) is 1.86. The molecule has 1 aliphatic heterocycles. The lowest BCUT2D eigenvalue weighted by Crippen LogP contribution is -2.36. The fraction of sp³-hybridized carbons (Fsp3) is 0.360. The van der Waals surface area contributed by atoms with Gasteiger partial charge in [-0.25, -0.2) is 0 Å². The maximum atomic E-state index is 7.19. The van der Waals surface area contributed by atoms with Crippen molar-refractivity contribution < 1.29 is 0 Å². The van der Waals surface area contributed by atoms with E-state index in [0.717, 1.165) is 24.1 Å². The third-order valence-corrected chi connectivity index (χ3v) is 5.11. The molecule has 1 heterocycles. The highest BCUT2D eigenvalue weighted by Crippen LogP contribution is 2.20. The van der Waals surface area contributed by atoms with E-state index in [9.17, 15) is 0 Å². The van der Waals surface area contributed by atoms with E-state index in [0.29, 0.717) is 6.04 Å². The van der Waals surface area contributed by atoms with E-state index >= 15 is 0 Å². The Morgan fingerprint density at radius 3 is 2.38 bits per heavy atom. The van der Waals surface area contributed by atoms with Crippen LogP contribution < -0.4 is 16.4 Å². The molecule has 154 valence electrons. The van der Waals surface area contributed by atoms with Crippen molar-refractivity contribution in [3.8, 4) is 11.1 Å². The fourth-order valence-corrected chi connectivity index (χ4v) is 3.30. The Morgan fingerprint density at radius 2 is 1.79 bits per heavy atom. The summed E-state index contributed by atoms with van der Waals surface area (Å²) in [4.78, 5) is 0. The number of hydrogen-bond acceptors (Lipinski definition) is 4. The second-order valence-corrected chi connectivity index (χ2v) is 7.34. The van der Waals surface area contributed by atoms with Gasteiger partial charge in [0.15, 0.2) is 0 Å². The van der Waals surface area contributed by atoms with Crippen LogP contribution in [-0.4, -0.2) is 32.0 Å². The molecule has 1 saturated heterocycles. The Morgan fingerprint density at radius 1 is 1.14 bits per heavy atom. The molecule has 4 heteroatoms. The molecule has 3 rings (SSSR count). The third-order valence-electron chi connectivity index (χ3n) is 5.11. The lowest BCUT2D eigenvalue weighted by Gasteiger charge is -2.10. The van der Waals surface area contributed by atoms with Gasteiger partial charge in [0.05, 0.1) is 6.17 Å². The van der Waals surface area contributed by atoms with Crippen LogP contribution in [0.25, 0.3) is 11.1 Å². The summed E-state index contributed by atoms with van der Waals surface area (Å²) < 4.78 is 0. The van der Waals surface area contributed by atoms with Crippen molar-refractivity contribution in [2.75, 3.05) is 13.6 Å². The molecular weight excluding hydrogens is 356 g/mol. The number of hydrogen-bond donors (Lipinski definition) is 4. The number of nitrogens with two attached hydrogens (primary N) is 1. The molecule has 0 spiro atoms. The van der Waals surface area contributed by atoms with Gasteiger partial charge in [0, 0.05) is 18.7 Å². The Balaban J connectivity index is 0.000000253. The summed E-state index contributed by atoms with van der Waals surface area (Å²) >= 11 is 0. The maximum absolute atomic E-state index is 7.19. The fourth-order valence-electron chi connectivity index (χ4n) is 3.30. The van der Waals surface area contributed by atoms with Crippen molar-refractivity contribution >= 4 is 6.21 Å². The molecule has 1 fully saturated rings. The zero-order chi connectivity index (χ0) is 20.9. The van der Waals surface area contributed by atoms with Crippen molar-refractivity contribution in [3.63, 3.8) is 0 Å². The molecule has 2 unspecified atom stereocenters. The summed E-state index contributed by atoms with van der Waals surface area (Å²) in [6, 6.07) is 17.0. The van der Waals surface area contributed by atoms with Crippen LogP contribution >= 0.6 is 0 Å². The summed E-state index contributed by atoms with van der Waals surface area (Å²) in [5, 5.41) is 13.6. The van der Waals surface area contributed by atoms with Crippen molar-refractivity contribution in [2.45, 2.75) is 44.3 Å². The van der Waals surface area contributed by atoms with E-state index in [2.05, 4.69) is 47.2 Å². The highest BCUT2D eigenvalue weighted by Gasteiger charge is 2.06. The van der Waals surface area contributed by atoms with E-state index < -0.39 is 0 Å². The monoisotopic (exact) mass is 390 g/mol. The molecule has 2 atom stereocenters. The Labute approximate surface area is 175 Å². The van der Waals surface area contributed by atoms with Gasteiger partial charge in [-0.15, -0.1) is 5.73 Å². The van der Waals surface area contributed by atoms with E-state index in [1.54, 1.807) is 0 Å². The SMILES string of the molecule is C=C=CC1CCCCCN1.CNC(N)Cc1ccc(-c2ccc(C=N)cc2)cc1. The largest absolute Gasteiger partial charge is 0.316 e. The molecular formula is C25H34N4. The minimum absolute atomic E-state index is 0.00211. The van der Waals surface area contributed by atoms with Gasteiger partial charge in [-0.3, -0.25) is 0 Å². The standard InChI is InChI=1S/C16H19N3.C9H15N/c1-19-16(18)10-12-2-6-14(7-3-12)15-8-4-13(11-17)5-9-15;1-2-6-9-7-4-3-5-8-10-9/h2-9,11,16-17,19H,10,18H2,1H3;6,9-10H,1,3-5,7-8H2. The topological polar surface area (TPSA) is 73.9 Å². The molecule has 0 bridgehead atoms. The molecule has 0 aromatic heterocycles. The van der Waals surface area contributed by atoms with Crippen LogP contribution in [0.2, 0.25) is 0 Å². The van der Waals surface area contributed by atoms with Crippen LogP contribution in [0, 0.1) is 5.41 Å². The predicted octanol–water partition coefficient (Wildman–Crippen LogP) is 4.26. The first-order valence-electron chi connectivity index (χ1n) is 10.4. The van der Waals surface area contributed by atoms with Crippen LogP contribution in [0.3, 0.4) is 0 Å². The Bertz CT molecular complexity index is 765. The maximum Gasteiger partial charge on any atom is 0.0585 e. The molecule has 0 saturated carbocycles. The van der Waals surface area contributed by atoms with Gasteiger partial charge in [0.25, 0.3) is 0 Å². The van der Waals surface area contributed by atoms with E-state index in [4.69, 9.17) is 11.1 Å². The lowest BCUT2D eigenvalue weighted by molar-refractivity contribution is 0.582. The van der Waals surface area contributed by atoms with E-state index in [1.165, 1.54) is 43.0 Å².